The summed E-state index contributed by atoms with van der Waals surface area (Å²) in [4.78, 5) is 73.4. The average molecular weight is 1070 g/mol. The number of hydrogen-bond acceptors (Lipinski definition) is 11. The van der Waals surface area contributed by atoms with Crippen LogP contribution in [0.3, 0.4) is 0 Å². The number of carbonyl (C=O) groups is 4. The Morgan fingerprint density at radius 2 is 0.846 bits per heavy atom. The van der Waals surface area contributed by atoms with E-state index < -0.39 is 34.7 Å². The van der Waals surface area contributed by atoms with Gasteiger partial charge in [-0.05, 0) is 77.9 Å². The number of nitrogens with zero attached hydrogens (tertiary/aromatic N) is 6. The molecule has 0 aliphatic carbocycles. The van der Waals surface area contributed by atoms with E-state index in [1.807, 2.05) is 115 Å². The topological polar surface area (TPSA) is 172 Å². The van der Waals surface area contributed by atoms with Crippen LogP contribution in [0, 0.1) is 0 Å². The summed E-state index contributed by atoms with van der Waals surface area (Å²) >= 11 is 0. The van der Waals surface area contributed by atoms with E-state index in [-0.39, 0.29) is 48.7 Å². The first kappa shape index (κ1) is 58.8. The highest BCUT2D eigenvalue weighted by molar-refractivity contribution is 6.01. The molecule has 17 nitrogen and oxygen atoms in total. The molecule has 7 rings (SSSR count). The van der Waals surface area contributed by atoms with Crippen molar-refractivity contribution in [1.82, 2.24) is 19.9 Å². The molecule has 8 bridgehead atoms. The number of quaternary nitrogens is 4. The van der Waals surface area contributed by atoms with Crippen molar-refractivity contribution >= 4 is 45.9 Å². The van der Waals surface area contributed by atoms with Gasteiger partial charge in [-0.2, -0.15) is 0 Å². The Hall–Kier alpha value is -6.92. The van der Waals surface area contributed by atoms with Crippen molar-refractivity contribution in [2.24, 2.45) is 0 Å². The lowest BCUT2D eigenvalue weighted by atomic mass is 9.86. The highest BCUT2D eigenvalue weighted by Crippen LogP contribution is 2.41. The summed E-state index contributed by atoms with van der Waals surface area (Å²) in [5, 5.41) is 0. The summed E-state index contributed by atoms with van der Waals surface area (Å²) in [5.41, 5.74) is 8.41. The summed E-state index contributed by atoms with van der Waals surface area (Å²) in [6.07, 6.45) is 1.09. The molecule has 78 heavy (non-hydrogen) atoms. The SMILES string of the molecule is COc1c2nc(cc3cc(-c4cc(C(=O)OCC[N+](C)(C)C)cc(C(=O)OCC[N+](C)(C)C)c4)c(cc4nc(cc5cc(-c6cc(C(=O)OCC[N+](C)(C)C)cc(C(=O)OCC[N+](C)(C)C)c6)c1[nH]5)C(C)(C)C4)[nH]3)C(C)(C)C2. The minimum absolute atomic E-state index is 0.187. The van der Waals surface area contributed by atoms with E-state index in [4.69, 9.17) is 33.7 Å². The summed E-state index contributed by atoms with van der Waals surface area (Å²) in [6.45, 7) is 11.7. The van der Waals surface area contributed by atoms with Crippen LogP contribution in [-0.4, -0.2) is 206 Å². The molecule has 3 aromatic heterocycles. The third-order valence-corrected chi connectivity index (χ3v) is 13.8. The van der Waals surface area contributed by atoms with Gasteiger partial charge in [0.05, 0.1) is 125 Å². The Kier molecular flexibility index (Phi) is 16.9. The maximum absolute atomic E-state index is 13.9. The number of H-pyrrole nitrogens is 2. The van der Waals surface area contributed by atoms with E-state index in [2.05, 4.69) is 37.7 Å². The van der Waals surface area contributed by atoms with Crippen LogP contribution in [-0.2, 0) is 42.6 Å². The molecule has 2 aliphatic rings. The molecule has 0 unspecified atom stereocenters. The van der Waals surface area contributed by atoms with Crippen molar-refractivity contribution < 1.29 is 60.8 Å². The number of likely N-dealkylation sites (N-methyl/N-ethyl adjacent to an activating group) is 4. The van der Waals surface area contributed by atoms with Gasteiger partial charge in [-0.15, -0.1) is 0 Å². The third kappa shape index (κ3) is 15.2. The van der Waals surface area contributed by atoms with Crippen molar-refractivity contribution in [3.8, 4) is 28.0 Å². The number of methoxy groups -OCH3 is 1. The second-order valence-corrected chi connectivity index (χ2v) is 26.3. The van der Waals surface area contributed by atoms with Crippen LogP contribution < -0.4 is 4.74 Å². The van der Waals surface area contributed by atoms with E-state index in [0.717, 1.165) is 33.7 Å². The van der Waals surface area contributed by atoms with Gasteiger partial charge in [-0.25, -0.2) is 19.2 Å². The number of benzene rings is 2. The van der Waals surface area contributed by atoms with Crippen LogP contribution in [0.1, 0.15) is 91.9 Å². The normalized spacial score (nSPS) is 14.4. The molecule has 5 aromatic rings. The minimum atomic E-state index is -0.556. The average Bonchev–Trinajstić information content (AvgIpc) is 4.14. The zero-order valence-electron chi connectivity index (χ0n) is 49.3. The third-order valence-electron chi connectivity index (χ3n) is 13.8. The van der Waals surface area contributed by atoms with Gasteiger partial charge in [0.25, 0.3) is 0 Å². The summed E-state index contributed by atoms with van der Waals surface area (Å²) < 4.78 is 32.0. The van der Waals surface area contributed by atoms with Gasteiger partial charge in [0.2, 0.25) is 0 Å². The van der Waals surface area contributed by atoms with Gasteiger partial charge in [-0.1, -0.05) is 27.7 Å². The Labute approximate surface area is 460 Å². The molecule has 17 heteroatoms. The Bertz CT molecular complexity index is 3170. The van der Waals surface area contributed by atoms with Gasteiger partial charge in [-0.3, -0.25) is 9.97 Å². The molecule has 2 N–H and O–H groups in total. The Morgan fingerprint density at radius 3 is 1.26 bits per heavy atom. The fraction of sp³-hybridized carbons (Fsp3) is 0.475. The predicted octanol–water partition coefficient (Wildman–Crippen LogP) is 8.15. The predicted molar refractivity (Wildman–Crippen MR) is 305 cm³/mol. The molecule has 0 spiro atoms. The summed E-state index contributed by atoms with van der Waals surface area (Å²) in [7, 11) is 25.9. The molecule has 0 atom stereocenters. The van der Waals surface area contributed by atoms with Crippen LogP contribution in [0.4, 0.5) is 0 Å². The fourth-order valence-corrected chi connectivity index (χ4v) is 9.13. The maximum Gasteiger partial charge on any atom is 0.338 e. The molecule has 0 amide bonds. The highest BCUT2D eigenvalue weighted by Gasteiger charge is 2.33. The molecule has 0 saturated heterocycles. The number of nitrogens with one attached hydrogen (secondary N) is 2. The zero-order chi connectivity index (χ0) is 57.3. The minimum Gasteiger partial charge on any atom is -0.493 e. The van der Waals surface area contributed by atoms with Crippen LogP contribution in [0.25, 0.3) is 44.3 Å². The highest BCUT2D eigenvalue weighted by atomic mass is 16.5. The maximum atomic E-state index is 13.9. The molecule has 0 fully saturated rings. The van der Waals surface area contributed by atoms with Gasteiger partial charge in [0, 0.05) is 68.4 Å². The second kappa shape index (κ2) is 22.4. The van der Waals surface area contributed by atoms with E-state index in [1.54, 1.807) is 37.4 Å². The van der Waals surface area contributed by atoms with Gasteiger partial charge in [0.1, 0.15) is 52.6 Å². The lowest BCUT2D eigenvalue weighted by Crippen LogP contribution is -2.38. The smallest absolute Gasteiger partial charge is 0.338 e. The van der Waals surface area contributed by atoms with Crippen LogP contribution >= 0.6 is 0 Å². The van der Waals surface area contributed by atoms with Crippen molar-refractivity contribution in [2.75, 3.05) is 144 Å². The quantitative estimate of drug-likeness (QED) is 0.0465. The van der Waals surface area contributed by atoms with E-state index >= 15 is 0 Å². The first-order chi connectivity index (χ1) is 36.2. The monoisotopic (exact) mass is 1070 g/mol. The summed E-state index contributed by atoms with van der Waals surface area (Å²) in [5.74, 6) is -1.70. The number of hydrogen-bond donors (Lipinski definition) is 2. The van der Waals surface area contributed by atoms with E-state index in [9.17, 15) is 19.2 Å². The van der Waals surface area contributed by atoms with Crippen molar-refractivity contribution in [2.45, 2.75) is 51.4 Å². The fourth-order valence-electron chi connectivity index (χ4n) is 9.13. The van der Waals surface area contributed by atoms with Crippen LogP contribution in [0.15, 0.2) is 66.7 Å². The number of aromatic nitrogens is 4. The van der Waals surface area contributed by atoms with Crippen molar-refractivity contribution in [1.29, 1.82) is 0 Å². The van der Waals surface area contributed by atoms with Crippen LogP contribution in [0.2, 0.25) is 0 Å². The van der Waals surface area contributed by atoms with Gasteiger partial charge < -0.3 is 51.6 Å². The van der Waals surface area contributed by atoms with Gasteiger partial charge >= 0.3 is 23.9 Å². The molecule has 0 radical (unpaired) electrons. The number of aromatic amines is 2. The number of carbonyl (C=O) groups excluding carboxylic acids is 4. The Morgan fingerprint density at radius 1 is 0.474 bits per heavy atom. The first-order valence-corrected chi connectivity index (χ1v) is 26.7. The summed E-state index contributed by atoms with van der Waals surface area (Å²) in [6, 6.07) is 20.2. The Balaban J connectivity index is 1.45. The zero-order valence-corrected chi connectivity index (χ0v) is 49.3. The number of fused-ring (bicyclic) bond motifs is 8. The molecular formula is C61H84N8O9+4. The lowest BCUT2D eigenvalue weighted by Gasteiger charge is -2.23. The van der Waals surface area contributed by atoms with E-state index in [1.165, 1.54) is 6.07 Å². The largest absolute Gasteiger partial charge is 0.493 e. The first-order valence-electron chi connectivity index (χ1n) is 26.7. The van der Waals surface area contributed by atoms with Crippen molar-refractivity contribution in [3.05, 3.63) is 112 Å². The van der Waals surface area contributed by atoms with Crippen molar-refractivity contribution in [3.63, 3.8) is 0 Å². The number of ether oxygens (including phenoxy) is 5. The molecule has 5 heterocycles. The van der Waals surface area contributed by atoms with Gasteiger partial charge in [0.15, 0.2) is 5.75 Å². The molecule has 2 aliphatic heterocycles. The molecule has 2 aromatic carbocycles. The molecule has 0 saturated carbocycles. The number of rotatable bonds is 19. The van der Waals surface area contributed by atoms with Crippen LogP contribution in [0.5, 0.6) is 5.75 Å². The molecule has 418 valence electrons. The standard InChI is InChI=1S/C61H84N8O9/c1-60(2)37-47-34-50-48(39-26-41(56(70)75-22-18-66(5,6)7)30-42(27-39)57(71)76-23-19-67(8,9)10)32-45(62-50)35-53-61(3,4)38-51(65-53)55(74-17)54-49(33-46(64-54)36-52(60)63-47)40-28-43(58(72)77-24-20-68(11,12)13)31-44(29-40)59(73)78-25-21-69(14,15)16/h26-36,62,64H,18-25,37-38H2,1-17H3/q+4. The lowest BCUT2D eigenvalue weighted by molar-refractivity contribution is -0.870. The molecular weight excluding hydrogens is 989 g/mol. The van der Waals surface area contributed by atoms with E-state index in [0.29, 0.717) is 96.1 Å². The number of esters is 4. The second-order valence-electron chi connectivity index (χ2n) is 26.3.